The van der Waals surface area contributed by atoms with E-state index in [1.807, 2.05) is 275 Å². The van der Waals surface area contributed by atoms with Crippen molar-refractivity contribution in [3.63, 3.8) is 0 Å². The Balaban J connectivity index is -0.0000000300. The molecule has 0 unspecified atom stereocenters. The van der Waals surface area contributed by atoms with Crippen molar-refractivity contribution in [2.24, 2.45) is 0 Å². The first-order valence-corrected chi connectivity index (χ1v) is 19.7. The van der Waals surface area contributed by atoms with Gasteiger partial charge in [-0.05, 0) is 24.3 Å². The highest BCUT2D eigenvalue weighted by Crippen LogP contribution is 1.80. The van der Waals surface area contributed by atoms with E-state index in [0.29, 0.717) is 0 Å². The van der Waals surface area contributed by atoms with Gasteiger partial charge in [-0.2, -0.15) is 0 Å². The predicted octanol–water partition coefficient (Wildman–Crippen LogP) is 17.9. The molecule has 0 aliphatic carbocycles. The van der Waals surface area contributed by atoms with Crippen LogP contribution in [0, 0.1) is 0 Å². The monoisotopic (exact) mass is 675 g/mol. The van der Waals surface area contributed by atoms with Gasteiger partial charge >= 0.3 is 0 Å². The van der Waals surface area contributed by atoms with Crippen LogP contribution in [0.25, 0.3) is 0 Å². The number of pyridine rings is 2. The lowest BCUT2D eigenvalue weighted by atomic mass is 10.4. The molecule has 0 aliphatic rings. The van der Waals surface area contributed by atoms with Crippen molar-refractivity contribution in [2.45, 2.75) is 166 Å². The highest BCUT2D eigenvalue weighted by molar-refractivity contribution is 4.99. The van der Waals surface area contributed by atoms with Crippen LogP contribution in [0.15, 0.2) is 134 Å². The normalized spacial score (nSPS) is 5.50. The van der Waals surface area contributed by atoms with Gasteiger partial charge in [-0.15, -0.1) is 0 Å². The van der Waals surface area contributed by atoms with Crippen LogP contribution in [0.2, 0.25) is 0 Å². The molecule has 288 valence electrons. The van der Waals surface area contributed by atoms with Crippen LogP contribution < -0.4 is 0 Å². The fraction of sp³-hybridized carbons (Fsp3) is 0.522. The van der Waals surface area contributed by atoms with E-state index in [2.05, 4.69) is 9.97 Å². The second-order valence-corrected chi connectivity index (χ2v) is 4.36. The minimum Gasteiger partial charge on any atom is -0.265 e. The van der Waals surface area contributed by atoms with Crippen molar-refractivity contribution < 1.29 is 0 Å². The van der Waals surface area contributed by atoms with Crippen molar-refractivity contribution in [3.8, 4) is 0 Å². The van der Waals surface area contributed by atoms with E-state index in [1.165, 1.54) is 0 Å². The summed E-state index contributed by atoms with van der Waals surface area (Å²) in [5, 5.41) is 0. The third-order valence-corrected chi connectivity index (χ3v) is 2.47. The molecule has 0 fully saturated rings. The summed E-state index contributed by atoms with van der Waals surface area (Å²) in [5.41, 5.74) is 0. The zero-order valence-electron chi connectivity index (χ0n) is 37.6. The van der Waals surface area contributed by atoms with Gasteiger partial charge in [0.1, 0.15) is 0 Å². The Morgan fingerprint density at radius 1 is 0.146 bits per heavy atom. The predicted molar refractivity (Wildman–Crippen MR) is 238 cm³/mol. The van der Waals surface area contributed by atoms with E-state index in [-0.39, 0.29) is 0 Å². The molecule has 48 heavy (non-hydrogen) atoms. The first-order chi connectivity index (χ1) is 24.0. The van der Waals surface area contributed by atoms with Gasteiger partial charge in [0, 0.05) is 24.8 Å². The molecule has 2 heteroatoms. The molecule has 2 aromatic heterocycles. The highest BCUT2D eigenvalue weighted by Gasteiger charge is 1.60. The maximum Gasteiger partial charge on any atom is 0.0267 e. The van der Waals surface area contributed by atoms with Crippen LogP contribution in [0.5, 0.6) is 0 Å². The van der Waals surface area contributed by atoms with Crippen LogP contribution in [0.3, 0.4) is 0 Å². The second kappa shape index (κ2) is 186. The maximum absolute atomic E-state index is 3.78. The molecule has 2 aromatic carbocycles. The summed E-state index contributed by atoms with van der Waals surface area (Å²) in [5.74, 6) is 0. The summed E-state index contributed by atoms with van der Waals surface area (Å²) in [6.45, 7) is 48.0. The number of hydrogen-bond donors (Lipinski definition) is 0. The van der Waals surface area contributed by atoms with Gasteiger partial charge in [-0.3, -0.25) is 9.97 Å². The smallest absolute Gasteiger partial charge is 0.0267 e. The first kappa shape index (κ1) is 79.9. The van der Waals surface area contributed by atoms with Gasteiger partial charge < -0.3 is 0 Å². The average molecular weight is 675 g/mol. The standard InChI is InChI=1S/2C6H6.2C5H5N.12C2H6/c4*1-2-4-6-5-3-1;12*1-2/h2*1-6H;2*1-5H;12*1-2H3. The van der Waals surface area contributed by atoms with Crippen LogP contribution in [0.1, 0.15) is 166 Å². The molecule has 0 spiro atoms. The van der Waals surface area contributed by atoms with Gasteiger partial charge in [0.15, 0.2) is 0 Å². The summed E-state index contributed by atoms with van der Waals surface area (Å²) in [4.78, 5) is 7.57. The Hall–Kier alpha value is -3.26. The summed E-state index contributed by atoms with van der Waals surface area (Å²) in [6.07, 6.45) is 7.00. The number of hydrogen-bond acceptors (Lipinski definition) is 2. The zero-order chi connectivity index (χ0) is 41.0. The van der Waals surface area contributed by atoms with Crippen molar-refractivity contribution in [2.75, 3.05) is 0 Å². The maximum atomic E-state index is 3.78. The number of benzene rings is 2. The van der Waals surface area contributed by atoms with Gasteiger partial charge in [-0.25, -0.2) is 0 Å². The molecule has 2 nitrogen and oxygen atoms in total. The lowest BCUT2D eigenvalue weighted by Crippen LogP contribution is -1.58. The third-order valence-electron chi connectivity index (χ3n) is 2.47. The van der Waals surface area contributed by atoms with Crippen molar-refractivity contribution in [3.05, 3.63) is 134 Å². The molecular formula is C46H94N2. The molecule has 2 heterocycles. The molecule has 0 N–H and O–H groups in total. The Labute approximate surface area is 309 Å². The van der Waals surface area contributed by atoms with Crippen LogP contribution in [-0.4, -0.2) is 9.97 Å². The first-order valence-electron chi connectivity index (χ1n) is 19.7. The van der Waals surface area contributed by atoms with Gasteiger partial charge in [0.25, 0.3) is 0 Å². The Bertz CT molecular complexity index is 426. The molecule has 4 rings (SSSR count). The van der Waals surface area contributed by atoms with E-state index < -0.39 is 0 Å². The van der Waals surface area contributed by atoms with E-state index in [9.17, 15) is 0 Å². The van der Waals surface area contributed by atoms with E-state index in [0.717, 1.165) is 0 Å². The molecule has 4 aromatic rings. The third kappa shape index (κ3) is 173. The lowest BCUT2D eigenvalue weighted by Gasteiger charge is -1.70. The summed E-state index contributed by atoms with van der Waals surface area (Å²) < 4.78 is 0. The van der Waals surface area contributed by atoms with Crippen LogP contribution >= 0.6 is 0 Å². The topological polar surface area (TPSA) is 25.8 Å². The van der Waals surface area contributed by atoms with Crippen LogP contribution in [-0.2, 0) is 0 Å². The lowest BCUT2D eigenvalue weighted by molar-refractivity contribution is 1.33. The number of aromatic nitrogens is 2. The molecule has 0 atom stereocenters. The minimum absolute atomic E-state index is 1.75. The summed E-state index contributed by atoms with van der Waals surface area (Å²) in [7, 11) is 0. The number of rotatable bonds is 0. The van der Waals surface area contributed by atoms with E-state index in [4.69, 9.17) is 0 Å². The van der Waals surface area contributed by atoms with Crippen LogP contribution in [0.4, 0.5) is 0 Å². The number of nitrogens with zero attached hydrogens (tertiary/aromatic N) is 2. The van der Waals surface area contributed by atoms with Crippen molar-refractivity contribution >= 4 is 0 Å². The molecule has 0 aliphatic heterocycles. The molecule has 0 saturated heterocycles. The quantitative estimate of drug-likeness (QED) is 0.185. The van der Waals surface area contributed by atoms with Crippen molar-refractivity contribution in [1.82, 2.24) is 9.97 Å². The molecule has 0 radical (unpaired) electrons. The van der Waals surface area contributed by atoms with Gasteiger partial charge in [0.2, 0.25) is 0 Å². The molecule has 0 amide bonds. The molecule has 0 saturated carbocycles. The van der Waals surface area contributed by atoms with Gasteiger partial charge in [0.05, 0.1) is 0 Å². The van der Waals surface area contributed by atoms with E-state index >= 15 is 0 Å². The van der Waals surface area contributed by atoms with E-state index in [1.54, 1.807) is 24.8 Å². The minimum atomic E-state index is 1.75. The largest absolute Gasteiger partial charge is 0.265 e. The SMILES string of the molecule is CC.CC.CC.CC.CC.CC.CC.CC.CC.CC.CC.CC.c1ccccc1.c1ccccc1.c1ccncc1.c1ccncc1. The summed E-state index contributed by atoms with van der Waals surface area (Å²) >= 11 is 0. The Kier molecular flexibility index (Phi) is 309. The second-order valence-electron chi connectivity index (χ2n) is 4.36. The highest BCUT2D eigenvalue weighted by atomic mass is 14.6. The Morgan fingerprint density at radius 3 is 0.271 bits per heavy atom. The fourth-order valence-electron chi connectivity index (χ4n) is 1.40. The molecular weight excluding hydrogens is 581 g/mol. The fourth-order valence-corrected chi connectivity index (χ4v) is 1.40. The summed E-state index contributed by atoms with van der Waals surface area (Å²) in [6, 6.07) is 35.4. The molecule has 0 bridgehead atoms. The average Bonchev–Trinajstić information content (AvgIpc) is 3.29. The zero-order valence-corrected chi connectivity index (χ0v) is 37.6. The Morgan fingerprint density at radius 2 is 0.229 bits per heavy atom. The van der Waals surface area contributed by atoms with Crippen molar-refractivity contribution in [1.29, 1.82) is 0 Å². The van der Waals surface area contributed by atoms with Gasteiger partial charge in [-0.1, -0.05) is 251 Å².